The number of piperidine rings is 1. The molecule has 2 amide bonds. The lowest BCUT2D eigenvalue weighted by molar-refractivity contribution is 0.178. The van der Waals surface area contributed by atoms with E-state index in [0.717, 1.165) is 51.2 Å². The lowest BCUT2D eigenvalue weighted by Crippen LogP contribution is -2.50. The third kappa shape index (κ3) is 5.33. The van der Waals surface area contributed by atoms with Gasteiger partial charge in [0.15, 0.2) is 0 Å². The van der Waals surface area contributed by atoms with Crippen LogP contribution in [0.15, 0.2) is 54.6 Å². The molecule has 1 aliphatic carbocycles. The molecule has 2 atom stereocenters. The van der Waals surface area contributed by atoms with Gasteiger partial charge in [0.1, 0.15) is 0 Å². The van der Waals surface area contributed by atoms with Crippen molar-refractivity contribution in [3.63, 3.8) is 0 Å². The Labute approximate surface area is 216 Å². The standard InChI is InChI=1S/C31H42N4O/c36-31(33-26-17-19-34(20-18-26)22-24-6-2-1-3-7-24)32-25-12-10-23(11-13-25)16-21-35-29-14-15-30(35)28-9-5-4-8-27(28)29/h1-9,23,25-26,29-30H,10-22H2,(H2,32,33,36). The second-order valence-electron chi connectivity index (χ2n) is 11.6. The van der Waals surface area contributed by atoms with E-state index < -0.39 is 0 Å². The van der Waals surface area contributed by atoms with Crippen molar-refractivity contribution >= 4 is 6.03 Å². The molecule has 6 rings (SSSR count). The van der Waals surface area contributed by atoms with Gasteiger partial charge in [-0.05, 0) is 86.9 Å². The minimum Gasteiger partial charge on any atom is -0.335 e. The molecule has 192 valence electrons. The number of urea groups is 1. The lowest BCUT2D eigenvalue weighted by Gasteiger charge is -2.34. The molecule has 2 bridgehead atoms. The molecule has 4 aliphatic rings. The van der Waals surface area contributed by atoms with Crippen LogP contribution in [0.25, 0.3) is 0 Å². The Balaban J connectivity index is 0.877. The Bertz CT molecular complexity index is 979. The molecule has 3 heterocycles. The van der Waals surface area contributed by atoms with E-state index in [4.69, 9.17) is 0 Å². The lowest BCUT2D eigenvalue weighted by atomic mass is 9.84. The van der Waals surface area contributed by atoms with E-state index in [1.807, 2.05) is 0 Å². The number of rotatable bonds is 7. The van der Waals surface area contributed by atoms with E-state index >= 15 is 0 Å². The van der Waals surface area contributed by atoms with Gasteiger partial charge >= 0.3 is 6.03 Å². The SMILES string of the molecule is O=C(NC1CCC(CCN2C3CCC2c2ccccc23)CC1)NC1CCN(Cc2ccccc2)CC1. The van der Waals surface area contributed by atoms with Gasteiger partial charge in [-0.3, -0.25) is 9.80 Å². The summed E-state index contributed by atoms with van der Waals surface area (Å²) in [5, 5.41) is 6.56. The van der Waals surface area contributed by atoms with Crippen LogP contribution in [0.2, 0.25) is 0 Å². The molecule has 5 nitrogen and oxygen atoms in total. The maximum atomic E-state index is 12.7. The molecule has 0 spiro atoms. The van der Waals surface area contributed by atoms with Gasteiger partial charge in [0, 0.05) is 43.8 Å². The molecular formula is C31H42N4O. The second kappa shape index (κ2) is 10.9. The molecule has 2 unspecified atom stereocenters. The molecule has 2 saturated heterocycles. The molecular weight excluding hydrogens is 444 g/mol. The summed E-state index contributed by atoms with van der Waals surface area (Å²) in [6, 6.07) is 21.8. The first-order valence-electron chi connectivity index (χ1n) is 14.4. The maximum Gasteiger partial charge on any atom is 0.315 e. The number of likely N-dealkylation sites (tertiary alicyclic amines) is 1. The number of nitrogens with zero attached hydrogens (tertiary/aromatic N) is 2. The maximum absolute atomic E-state index is 12.7. The highest BCUT2D eigenvalue weighted by atomic mass is 16.2. The summed E-state index contributed by atoms with van der Waals surface area (Å²) >= 11 is 0. The van der Waals surface area contributed by atoms with Crippen LogP contribution in [0, 0.1) is 5.92 Å². The van der Waals surface area contributed by atoms with Gasteiger partial charge in [0.2, 0.25) is 0 Å². The molecule has 2 N–H and O–H groups in total. The van der Waals surface area contributed by atoms with Crippen LogP contribution < -0.4 is 10.6 Å². The fraction of sp³-hybridized carbons (Fsp3) is 0.581. The second-order valence-corrected chi connectivity index (χ2v) is 11.6. The third-order valence-electron chi connectivity index (χ3n) is 9.38. The van der Waals surface area contributed by atoms with Crippen molar-refractivity contribution in [2.45, 2.75) is 88.5 Å². The van der Waals surface area contributed by atoms with Crippen molar-refractivity contribution in [3.05, 3.63) is 71.3 Å². The predicted molar refractivity (Wildman–Crippen MR) is 145 cm³/mol. The van der Waals surface area contributed by atoms with Crippen LogP contribution in [-0.4, -0.2) is 47.5 Å². The zero-order valence-electron chi connectivity index (χ0n) is 21.6. The van der Waals surface area contributed by atoms with Gasteiger partial charge in [0.25, 0.3) is 0 Å². The summed E-state index contributed by atoms with van der Waals surface area (Å²) in [6.45, 7) is 4.34. The average molecular weight is 487 g/mol. The fourth-order valence-electron chi connectivity index (χ4n) is 7.38. The van der Waals surface area contributed by atoms with E-state index in [-0.39, 0.29) is 6.03 Å². The first-order valence-corrected chi connectivity index (χ1v) is 14.4. The van der Waals surface area contributed by atoms with Crippen LogP contribution in [0.4, 0.5) is 4.79 Å². The van der Waals surface area contributed by atoms with Gasteiger partial charge in [0.05, 0.1) is 0 Å². The number of hydrogen-bond donors (Lipinski definition) is 2. The zero-order valence-corrected chi connectivity index (χ0v) is 21.6. The molecule has 3 fully saturated rings. The number of fused-ring (bicyclic) bond motifs is 5. The smallest absolute Gasteiger partial charge is 0.315 e. The van der Waals surface area contributed by atoms with Crippen molar-refractivity contribution in [1.29, 1.82) is 0 Å². The van der Waals surface area contributed by atoms with Crippen molar-refractivity contribution < 1.29 is 4.79 Å². The summed E-state index contributed by atoms with van der Waals surface area (Å²) in [4.78, 5) is 18.0. The van der Waals surface area contributed by atoms with Crippen molar-refractivity contribution in [2.75, 3.05) is 19.6 Å². The minimum atomic E-state index is 0.0476. The number of carbonyl (C=O) groups is 1. The molecule has 0 radical (unpaired) electrons. The van der Waals surface area contributed by atoms with Crippen LogP contribution in [0.1, 0.15) is 86.6 Å². The highest BCUT2D eigenvalue weighted by molar-refractivity contribution is 5.74. The third-order valence-corrected chi connectivity index (χ3v) is 9.38. The summed E-state index contributed by atoms with van der Waals surface area (Å²) < 4.78 is 0. The van der Waals surface area contributed by atoms with Crippen molar-refractivity contribution in [3.8, 4) is 0 Å². The Kier molecular flexibility index (Phi) is 7.29. The number of nitrogens with one attached hydrogen (secondary N) is 2. The van der Waals surface area contributed by atoms with Crippen LogP contribution in [0.3, 0.4) is 0 Å². The summed E-state index contributed by atoms with van der Waals surface area (Å²) in [6.07, 6.45) is 10.8. The van der Waals surface area contributed by atoms with Crippen molar-refractivity contribution in [2.24, 2.45) is 5.92 Å². The molecule has 3 aliphatic heterocycles. The monoisotopic (exact) mass is 486 g/mol. The number of benzene rings is 2. The molecule has 0 aromatic heterocycles. The quantitative estimate of drug-likeness (QED) is 0.521. The first-order chi connectivity index (χ1) is 17.7. The van der Waals surface area contributed by atoms with Gasteiger partial charge in [-0.15, -0.1) is 0 Å². The van der Waals surface area contributed by atoms with E-state index in [1.165, 1.54) is 44.2 Å². The normalized spacial score (nSPS) is 28.7. The van der Waals surface area contributed by atoms with Gasteiger partial charge in [-0.1, -0.05) is 54.6 Å². The predicted octanol–water partition coefficient (Wildman–Crippen LogP) is 5.79. The summed E-state index contributed by atoms with van der Waals surface area (Å²) in [5.74, 6) is 0.808. The Morgan fingerprint density at radius 2 is 1.31 bits per heavy atom. The highest BCUT2D eigenvalue weighted by Crippen LogP contribution is 2.53. The molecule has 1 saturated carbocycles. The summed E-state index contributed by atoms with van der Waals surface area (Å²) in [7, 11) is 0. The number of amides is 2. The van der Waals surface area contributed by atoms with Gasteiger partial charge in [-0.25, -0.2) is 4.79 Å². The molecule has 36 heavy (non-hydrogen) atoms. The van der Waals surface area contributed by atoms with Crippen molar-refractivity contribution in [1.82, 2.24) is 20.4 Å². The van der Waals surface area contributed by atoms with Gasteiger partial charge < -0.3 is 10.6 Å². The topological polar surface area (TPSA) is 47.6 Å². The highest BCUT2D eigenvalue weighted by Gasteiger charge is 2.43. The molecule has 2 aromatic rings. The van der Waals surface area contributed by atoms with E-state index in [0.29, 0.717) is 24.2 Å². The minimum absolute atomic E-state index is 0.0476. The van der Waals surface area contributed by atoms with Crippen LogP contribution >= 0.6 is 0 Å². The summed E-state index contributed by atoms with van der Waals surface area (Å²) in [5.41, 5.74) is 4.55. The zero-order chi connectivity index (χ0) is 24.3. The molecule has 2 aromatic carbocycles. The Morgan fingerprint density at radius 3 is 1.94 bits per heavy atom. The Hall–Kier alpha value is -2.37. The van der Waals surface area contributed by atoms with Crippen LogP contribution in [-0.2, 0) is 6.54 Å². The van der Waals surface area contributed by atoms with Gasteiger partial charge in [-0.2, -0.15) is 0 Å². The van der Waals surface area contributed by atoms with E-state index in [2.05, 4.69) is 75.0 Å². The first kappa shape index (κ1) is 24.0. The van der Waals surface area contributed by atoms with E-state index in [9.17, 15) is 4.79 Å². The number of carbonyl (C=O) groups excluding carboxylic acids is 1. The number of hydrogen-bond acceptors (Lipinski definition) is 3. The largest absolute Gasteiger partial charge is 0.335 e. The van der Waals surface area contributed by atoms with Crippen LogP contribution in [0.5, 0.6) is 0 Å². The average Bonchev–Trinajstić information content (AvgIpc) is 3.46. The Morgan fingerprint density at radius 1 is 0.722 bits per heavy atom. The molecule has 5 heteroatoms. The van der Waals surface area contributed by atoms with E-state index in [1.54, 1.807) is 11.1 Å². The fourth-order valence-corrected chi connectivity index (χ4v) is 7.38.